The summed E-state index contributed by atoms with van der Waals surface area (Å²) in [6.07, 6.45) is 9.45. The van der Waals surface area contributed by atoms with Gasteiger partial charge in [0.25, 0.3) is 0 Å². The minimum Gasteiger partial charge on any atom is -0.388 e. The molecule has 3 N–H and O–H groups in total. The van der Waals surface area contributed by atoms with Gasteiger partial charge in [-0.05, 0) is 91.7 Å². The second-order valence-electron chi connectivity index (χ2n) is 10.1. The summed E-state index contributed by atoms with van der Waals surface area (Å²) in [6, 6.07) is 22.8. The minimum atomic E-state index is 0.675. The quantitative estimate of drug-likeness (QED) is 0.258. The smallest absolute Gasteiger partial charge is 0.150 e. The van der Waals surface area contributed by atoms with Crippen molar-refractivity contribution in [3.05, 3.63) is 108 Å². The maximum absolute atomic E-state index is 10.7. The van der Waals surface area contributed by atoms with Crippen molar-refractivity contribution >= 4 is 29.4 Å². The molecule has 0 saturated heterocycles. The molecule has 0 bridgehead atoms. The molecule has 4 nitrogen and oxygen atoms in total. The molecule has 0 spiro atoms. The third-order valence-electron chi connectivity index (χ3n) is 7.30. The zero-order valence-electron chi connectivity index (χ0n) is 24.5. The monoisotopic (exact) mass is 525 g/mol. The van der Waals surface area contributed by atoms with E-state index in [2.05, 4.69) is 74.3 Å². The first-order valence-electron chi connectivity index (χ1n) is 14.0. The number of hydrogen-bond acceptors (Lipinski definition) is 4. The summed E-state index contributed by atoms with van der Waals surface area (Å²) < 4.78 is 0. The standard InChI is InChI=1S/C18H17NO.C9H13N.C8H17N/c1-4-15-5-8-17(9-6-15)14(3)19-18-10-7-16(12-20)11-13(18)2;1-3-8-4-6-9(10-2)7-5-8;1-7-5-3-4-6-8(7)9-2/h4-12,19H,1,3H2,2H3;4-7,10H,3H2,1-2H3;7-9H,3-6H2,1-2H3. The molecule has 208 valence electrons. The van der Waals surface area contributed by atoms with Gasteiger partial charge < -0.3 is 16.0 Å². The van der Waals surface area contributed by atoms with Crippen LogP contribution in [-0.4, -0.2) is 26.4 Å². The average Bonchev–Trinajstić information content (AvgIpc) is 2.99. The molecule has 4 heteroatoms. The summed E-state index contributed by atoms with van der Waals surface area (Å²) in [5.41, 5.74) is 8.13. The van der Waals surface area contributed by atoms with Crippen molar-refractivity contribution in [1.29, 1.82) is 0 Å². The number of carbonyl (C=O) groups excluding carboxylic acids is 1. The molecule has 3 aromatic rings. The van der Waals surface area contributed by atoms with E-state index >= 15 is 0 Å². The fourth-order valence-corrected chi connectivity index (χ4v) is 4.61. The molecule has 1 saturated carbocycles. The normalized spacial score (nSPS) is 15.9. The predicted molar refractivity (Wildman–Crippen MR) is 172 cm³/mol. The van der Waals surface area contributed by atoms with Crippen molar-refractivity contribution in [1.82, 2.24) is 5.32 Å². The molecule has 0 heterocycles. The Morgan fingerprint density at radius 1 is 0.949 bits per heavy atom. The number of rotatable bonds is 8. The van der Waals surface area contributed by atoms with E-state index in [4.69, 9.17) is 0 Å². The van der Waals surface area contributed by atoms with Crippen molar-refractivity contribution in [2.45, 2.75) is 58.9 Å². The molecule has 3 aromatic carbocycles. The van der Waals surface area contributed by atoms with E-state index in [9.17, 15) is 4.79 Å². The Hall–Kier alpha value is -3.63. The van der Waals surface area contributed by atoms with Crippen LogP contribution in [0.2, 0.25) is 0 Å². The Bertz CT molecular complexity index is 1140. The number of nitrogens with one attached hydrogen (secondary N) is 3. The second-order valence-corrected chi connectivity index (χ2v) is 10.1. The predicted octanol–water partition coefficient (Wildman–Crippen LogP) is 8.61. The van der Waals surface area contributed by atoms with Gasteiger partial charge >= 0.3 is 0 Å². The van der Waals surface area contributed by atoms with E-state index in [-0.39, 0.29) is 0 Å². The van der Waals surface area contributed by atoms with E-state index in [1.54, 1.807) is 6.07 Å². The van der Waals surface area contributed by atoms with Gasteiger partial charge in [0.05, 0.1) is 0 Å². The van der Waals surface area contributed by atoms with Crippen LogP contribution in [0.15, 0.2) is 79.9 Å². The van der Waals surface area contributed by atoms with Gasteiger partial charge in [0.2, 0.25) is 0 Å². The number of benzene rings is 3. The summed E-state index contributed by atoms with van der Waals surface area (Å²) in [5.74, 6) is 0.906. The van der Waals surface area contributed by atoms with Gasteiger partial charge in [0.1, 0.15) is 6.29 Å². The number of anilines is 2. The third-order valence-corrected chi connectivity index (χ3v) is 7.30. The van der Waals surface area contributed by atoms with Crippen LogP contribution in [0.5, 0.6) is 0 Å². The maximum atomic E-state index is 10.7. The summed E-state index contributed by atoms with van der Waals surface area (Å²) >= 11 is 0. The Kier molecular flexibility index (Phi) is 13.8. The first-order chi connectivity index (χ1) is 18.8. The Morgan fingerprint density at radius 2 is 1.59 bits per heavy atom. The first kappa shape index (κ1) is 31.6. The highest BCUT2D eigenvalue weighted by Crippen LogP contribution is 2.23. The SMILES string of the molecule is C=Cc1ccc(C(=C)Nc2ccc(C=O)cc2C)cc1.CCc1ccc(NC)cc1.CNC1CCCCC1C. The molecule has 0 amide bonds. The van der Waals surface area contributed by atoms with Gasteiger partial charge in [-0.25, -0.2) is 0 Å². The summed E-state index contributed by atoms with van der Waals surface area (Å²) in [7, 11) is 4.01. The van der Waals surface area contributed by atoms with Gasteiger partial charge in [0, 0.05) is 35.7 Å². The van der Waals surface area contributed by atoms with Gasteiger partial charge in [-0.15, -0.1) is 0 Å². The van der Waals surface area contributed by atoms with Gasteiger partial charge in [-0.2, -0.15) is 0 Å². The lowest BCUT2D eigenvalue weighted by molar-refractivity contribution is 0.112. The molecule has 0 radical (unpaired) electrons. The van der Waals surface area contributed by atoms with Crippen LogP contribution in [0.3, 0.4) is 0 Å². The number of hydrogen-bond donors (Lipinski definition) is 3. The Labute approximate surface area is 236 Å². The van der Waals surface area contributed by atoms with Crippen LogP contribution in [0, 0.1) is 12.8 Å². The first-order valence-corrected chi connectivity index (χ1v) is 14.0. The molecule has 39 heavy (non-hydrogen) atoms. The average molecular weight is 526 g/mol. The zero-order chi connectivity index (χ0) is 28.6. The molecular formula is C35H47N3O. The van der Waals surface area contributed by atoms with E-state index in [1.807, 2.05) is 56.4 Å². The van der Waals surface area contributed by atoms with Crippen molar-refractivity contribution in [2.75, 3.05) is 24.7 Å². The summed E-state index contributed by atoms with van der Waals surface area (Å²) in [5, 5.41) is 9.71. The van der Waals surface area contributed by atoms with Crippen LogP contribution >= 0.6 is 0 Å². The molecule has 4 rings (SSSR count). The fraction of sp³-hybridized carbons (Fsp3) is 0.343. The van der Waals surface area contributed by atoms with Gasteiger partial charge in [-0.1, -0.05) is 82.3 Å². The highest BCUT2D eigenvalue weighted by atomic mass is 16.1. The molecule has 1 fully saturated rings. The molecule has 2 unspecified atom stereocenters. The van der Waals surface area contributed by atoms with Crippen LogP contribution in [-0.2, 0) is 6.42 Å². The van der Waals surface area contributed by atoms with E-state index in [0.29, 0.717) is 5.56 Å². The molecule has 0 aliphatic heterocycles. The number of aryl methyl sites for hydroxylation is 2. The van der Waals surface area contributed by atoms with Crippen LogP contribution in [0.25, 0.3) is 11.8 Å². The van der Waals surface area contributed by atoms with Crippen LogP contribution in [0.4, 0.5) is 11.4 Å². The molecular weight excluding hydrogens is 478 g/mol. The number of carbonyl (C=O) groups is 1. The highest BCUT2D eigenvalue weighted by molar-refractivity contribution is 5.80. The van der Waals surface area contributed by atoms with Gasteiger partial charge in [-0.3, -0.25) is 4.79 Å². The van der Waals surface area contributed by atoms with Gasteiger partial charge in [0.15, 0.2) is 0 Å². The van der Waals surface area contributed by atoms with Crippen molar-refractivity contribution < 1.29 is 4.79 Å². The van der Waals surface area contributed by atoms with Crippen molar-refractivity contribution in [3.8, 4) is 0 Å². The Morgan fingerprint density at radius 3 is 2.08 bits per heavy atom. The Balaban J connectivity index is 0.000000233. The molecule has 1 aliphatic carbocycles. The minimum absolute atomic E-state index is 0.675. The summed E-state index contributed by atoms with van der Waals surface area (Å²) in [6.45, 7) is 14.3. The highest BCUT2D eigenvalue weighted by Gasteiger charge is 2.18. The van der Waals surface area contributed by atoms with Crippen molar-refractivity contribution in [2.24, 2.45) is 5.92 Å². The molecule has 0 aromatic heterocycles. The second kappa shape index (κ2) is 17.1. The fourth-order valence-electron chi connectivity index (χ4n) is 4.61. The lowest BCUT2D eigenvalue weighted by Crippen LogP contribution is -2.34. The topological polar surface area (TPSA) is 53.2 Å². The maximum Gasteiger partial charge on any atom is 0.150 e. The van der Waals surface area contributed by atoms with E-state index < -0.39 is 0 Å². The summed E-state index contributed by atoms with van der Waals surface area (Å²) in [4.78, 5) is 10.7. The lowest BCUT2D eigenvalue weighted by Gasteiger charge is -2.27. The van der Waals surface area contributed by atoms with E-state index in [1.165, 1.54) is 36.9 Å². The van der Waals surface area contributed by atoms with Crippen LogP contribution < -0.4 is 16.0 Å². The van der Waals surface area contributed by atoms with Crippen molar-refractivity contribution in [3.63, 3.8) is 0 Å². The largest absolute Gasteiger partial charge is 0.388 e. The third kappa shape index (κ3) is 10.6. The van der Waals surface area contributed by atoms with E-state index in [0.717, 1.165) is 52.7 Å². The molecule has 2 atom stereocenters. The molecule has 1 aliphatic rings. The van der Waals surface area contributed by atoms with Crippen LogP contribution in [0.1, 0.15) is 72.1 Å². The lowest BCUT2D eigenvalue weighted by atomic mass is 9.86. The number of aldehydes is 1. The zero-order valence-corrected chi connectivity index (χ0v) is 24.5.